The van der Waals surface area contributed by atoms with Crippen molar-refractivity contribution < 1.29 is 149 Å². The summed E-state index contributed by atoms with van der Waals surface area (Å²) in [4.78, 5) is 27.5. The number of carbonyl (C=O) groups is 2. The van der Waals surface area contributed by atoms with E-state index in [9.17, 15) is 79.7 Å². The molecule has 5 heterocycles. The van der Waals surface area contributed by atoms with Gasteiger partial charge in [0.05, 0.1) is 43.4 Å². The van der Waals surface area contributed by atoms with Crippen molar-refractivity contribution in [3.8, 4) is 0 Å². The Bertz CT molecular complexity index is 3050. The summed E-state index contributed by atoms with van der Waals surface area (Å²) in [6.07, 6.45) is -29.3. The zero-order chi connectivity index (χ0) is 67.3. The predicted molar refractivity (Wildman–Crippen MR) is 303 cm³/mol. The van der Waals surface area contributed by atoms with E-state index in [1.54, 1.807) is 0 Å². The van der Waals surface area contributed by atoms with Crippen molar-refractivity contribution in [2.75, 3.05) is 26.9 Å². The van der Waals surface area contributed by atoms with Crippen molar-refractivity contribution in [3.63, 3.8) is 0 Å². The molecule has 91 heavy (non-hydrogen) atoms. The maximum absolute atomic E-state index is 14.7. The van der Waals surface area contributed by atoms with E-state index >= 15 is 0 Å². The van der Waals surface area contributed by atoms with E-state index in [-0.39, 0.29) is 23.2 Å². The molecule has 0 bridgehead atoms. The van der Waals surface area contributed by atoms with Crippen LogP contribution in [0.25, 0.3) is 0 Å². The number of hydrogen-bond acceptors (Lipinski definition) is 29. The second kappa shape index (κ2) is 26.7. The second-order valence-corrected chi connectivity index (χ2v) is 30.3. The number of cyclic esters (lactones) is 1. The Morgan fingerprint density at radius 2 is 1.24 bits per heavy atom. The monoisotopic (exact) mass is 1370 g/mol. The van der Waals surface area contributed by atoms with Gasteiger partial charge in [0, 0.05) is 19.4 Å². The lowest BCUT2D eigenvalue weighted by atomic mass is 9.41. The fraction of sp³-hybridized carbons (Fsp3) is 0.893. The third-order valence-corrected chi connectivity index (χ3v) is 22.3. The molecule has 9 rings (SSSR count). The third kappa shape index (κ3) is 14.1. The normalized spacial score (nSPS) is 46.6. The molecule has 35 heteroatoms. The Morgan fingerprint density at radius 3 is 1.81 bits per heavy atom. The van der Waals surface area contributed by atoms with Crippen molar-refractivity contribution in [1.29, 1.82) is 0 Å². The summed E-state index contributed by atoms with van der Waals surface area (Å²) < 4.78 is 178. The van der Waals surface area contributed by atoms with Crippen LogP contribution < -0.4 is 0 Å². The molecule has 9 aliphatic rings. The molecular weight excluding hydrogens is 1280 g/mol. The summed E-state index contributed by atoms with van der Waals surface area (Å²) >= 11 is 0. The minimum atomic E-state index is -5.26. The van der Waals surface area contributed by atoms with Crippen LogP contribution in [0.1, 0.15) is 114 Å². The van der Waals surface area contributed by atoms with Gasteiger partial charge in [0.2, 0.25) is 0 Å². The smallest absolute Gasteiger partial charge is 0.397 e. The standard InChI is InChI=1S/C56H88O32S3/c1-24(2)12-11-17-55(9)46-29(80-26(4)57)20-54(8)28-13-14-33-52(5,6)34(16-18-53(33,7)27(28)15-19-56(46,54)51(65)87-55)83-50-45(37(60)32(21-76-50)88-91(72,73)74)86-47-39(62)38(61)42(25(3)79-47)84-49-41(64)44(36(59)31(82-49)23-78-90(69,70)71)85-48-40(63)43(75-10)35(58)30(81-48)22-77-89(66,67)68/h12-13,25,27,29-50,58-64H,11,14-23H2,1-10H3,(H,66,67,68)(H,69,70,71)(H,72,73,74)/t25-,27?,29+,30-,31-,32-,33?,34+,35-,36-,37+,38-,39-,40-,41-,42-,43+,44+,45-,46-,47+,48+,49+,50+,53-,54+,55+,56-/m1/s1. The molecule has 8 fully saturated rings. The van der Waals surface area contributed by atoms with Crippen molar-refractivity contribution in [1.82, 2.24) is 0 Å². The largest absolute Gasteiger partial charge is 0.462 e. The number of esters is 2. The first kappa shape index (κ1) is 72.7. The van der Waals surface area contributed by atoms with Gasteiger partial charge in [0.15, 0.2) is 25.2 Å². The van der Waals surface area contributed by atoms with E-state index in [4.69, 9.17) is 60.8 Å². The van der Waals surface area contributed by atoms with Crippen molar-refractivity contribution in [2.24, 2.45) is 39.4 Å². The maximum Gasteiger partial charge on any atom is 0.397 e. The van der Waals surface area contributed by atoms with Gasteiger partial charge in [-0.3, -0.25) is 23.2 Å². The molecule has 0 amide bonds. The molecule has 1 spiro atoms. The summed E-state index contributed by atoms with van der Waals surface area (Å²) in [6.45, 7) is 14.1. The van der Waals surface area contributed by atoms with Crippen LogP contribution in [-0.2, 0) is 105 Å². The zero-order valence-corrected chi connectivity index (χ0v) is 54.4. The molecule has 32 nitrogen and oxygen atoms in total. The third-order valence-electron chi connectivity index (χ3n) is 21.0. The Hall–Kier alpha value is -2.61. The summed E-state index contributed by atoms with van der Waals surface area (Å²) in [5.74, 6) is -1.21. The Morgan fingerprint density at radius 1 is 0.670 bits per heavy atom. The molecule has 5 aliphatic heterocycles. The Kier molecular flexibility index (Phi) is 21.3. The van der Waals surface area contributed by atoms with Gasteiger partial charge in [-0.15, -0.1) is 0 Å². The number of rotatable bonds is 21. The van der Waals surface area contributed by atoms with Gasteiger partial charge >= 0.3 is 43.1 Å². The molecule has 10 N–H and O–H groups in total. The minimum absolute atomic E-state index is 0.0173. The molecule has 2 unspecified atom stereocenters. The van der Waals surface area contributed by atoms with Crippen molar-refractivity contribution >= 4 is 43.1 Å². The highest BCUT2D eigenvalue weighted by Gasteiger charge is 2.79. The van der Waals surface area contributed by atoms with Gasteiger partial charge in [-0.2, -0.15) is 25.3 Å². The van der Waals surface area contributed by atoms with Gasteiger partial charge < -0.3 is 87.9 Å². The number of carbonyl (C=O) groups excluding carboxylic acids is 2. The molecule has 5 saturated heterocycles. The number of ether oxygens (including phenoxy) is 11. The predicted octanol–water partition coefficient (Wildman–Crippen LogP) is -0.365. The second-order valence-electron chi connectivity index (χ2n) is 27.1. The number of aliphatic hydroxyl groups excluding tert-OH is 7. The number of allylic oxidation sites excluding steroid dienone is 4. The van der Waals surface area contributed by atoms with E-state index in [0.29, 0.717) is 51.4 Å². The average Bonchev–Trinajstić information content (AvgIpc) is 1.52. The first-order valence-electron chi connectivity index (χ1n) is 30.2. The van der Waals surface area contributed by atoms with E-state index in [0.717, 1.165) is 18.3 Å². The quantitative estimate of drug-likeness (QED) is 0.0398. The SMILES string of the molecule is CO[C@@H]1[C@@H](O)[C@H](O[C@@H]2[C@@H](O)[C@H](O[C@H]3[C@H](O)[C@@H](O)[C@H](O[C@H]4[C@H](O[C@H]5CC[C@]6(C)C7CC[C@]89C(=O)O[C@@](C)(CCC=C(C)C)[C@H]8[C@@H](OC(C)=O)C[C@@]9(C)C7=CCC6C5(C)C)OC[C@@H](OS(=O)(=O)O)[C@@H]4O)O[C@@H]3C)O[C@H](COS(=O)(=O)O)[C@H]2O)O[C@H](COS(=O)(=O)O)[C@H]1O. The van der Waals surface area contributed by atoms with Crippen LogP contribution in [-0.4, -0.2) is 248 Å². The molecule has 0 radical (unpaired) electrons. The summed E-state index contributed by atoms with van der Waals surface area (Å²) in [7, 11) is -14.6. The van der Waals surface area contributed by atoms with Gasteiger partial charge in [-0.1, -0.05) is 51.0 Å². The number of aliphatic hydroxyl groups is 7. The van der Waals surface area contributed by atoms with Crippen LogP contribution in [0, 0.1) is 39.4 Å². The average molecular weight is 1370 g/mol. The zero-order valence-electron chi connectivity index (χ0n) is 52.0. The van der Waals surface area contributed by atoms with E-state index in [1.165, 1.54) is 13.8 Å². The van der Waals surface area contributed by atoms with Gasteiger partial charge in [-0.05, 0) is 102 Å². The Balaban J connectivity index is 0.927. The van der Waals surface area contributed by atoms with Gasteiger partial charge in [-0.25, -0.2) is 12.5 Å². The van der Waals surface area contributed by atoms with Gasteiger partial charge in [0.1, 0.15) is 97.2 Å². The van der Waals surface area contributed by atoms with E-state index < -0.39 is 214 Å². The molecule has 522 valence electrons. The van der Waals surface area contributed by atoms with Crippen LogP contribution >= 0.6 is 0 Å². The lowest BCUT2D eigenvalue weighted by Crippen LogP contribution is -2.67. The van der Waals surface area contributed by atoms with Crippen LogP contribution in [0.3, 0.4) is 0 Å². The van der Waals surface area contributed by atoms with E-state index in [2.05, 4.69) is 34.4 Å². The fourth-order valence-corrected chi connectivity index (χ4v) is 17.9. The molecule has 0 aromatic carbocycles. The molecule has 0 aromatic heterocycles. The topological polar surface area (TPSA) is 468 Å². The van der Waals surface area contributed by atoms with Crippen LogP contribution in [0.2, 0.25) is 0 Å². The highest BCUT2D eigenvalue weighted by Crippen LogP contribution is 2.77. The minimum Gasteiger partial charge on any atom is -0.462 e. The van der Waals surface area contributed by atoms with Crippen molar-refractivity contribution in [2.45, 2.75) is 248 Å². The van der Waals surface area contributed by atoms with Crippen LogP contribution in [0.5, 0.6) is 0 Å². The highest BCUT2D eigenvalue weighted by atomic mass is 32.3. The summed E-state index contributed by atoms with van der Waals surface area (Å²) in [6, 6.07) is 0. The lowest BCUT2D eigenvalue weighted by molar-refractivity contribution is -0.389. The van der Waals surface area contributed by atoms with Gasteiger partial charge in [0.25, 0.3) is 0 Å². The van der Waals surface area contributed by atoms with Crippen molar-refractivity contribution in [3.05, 3.63) is 23.3 Å². The fourth-order valence-electron chi connectivity index (χ4n) is 16.8. The van der Waals surface area contributed by atoms with Crippen LogP contribution in [0.4, 0.5) is 0 Å². The number of hydrogen-bond donors (Lipinski definition) is 10. The number of fused-ring (bicyclic) bond motifs is 4. The lowest BCUT2D eigenvalue weighted by Gasteiger charge is -2.64. The molecule has 4 aliphatic carbocycles. The summed E-state index contributed by atoms with van der Waals surface area (Å²) in [5, 5.41) is 80.4. The molecule has 28 atom stereocenters. The highest BCUT2D eigenvalue weighted by molar-refractivity contribution is 7.81. The number of methoxy groups -OCH3 is 1. The first-order chi connectivity index (χ1) is 42.1. The molecule has 3 saturated carbocycles. The molecular formula is C56H88O32S3. The van der Waals surface area contributed by atoms with Crippen LogP contribution in [0.15, 0.2) is 23.3 Å². The summed E-state index contributed by atoms with van der Waals surface area (Å²) in [5.41, 5.74) is -1.40. The molecule has 0 aromatic rings. The first-order valence-corrected chi connectivity index (χ1v) is 34.3. The Labute approximate surface area is 527 Å². The maximum atomic E-state index is 14.7. The van der Waals surface area contributed by atoms with E-state index in [1.807, 2.05) is 34.6 Å².